The maximum atomic E-state index is 5.56. The highest BCUT2D eigenvalue weighted by Crippen LogP contribution is 2.15. The molecule has 17 heavy (non-hydrogen) atoms. The molecule has 0 aliphatic carbocycles. The summed E-state index contributed by atoms with van der Waals surface area (Å²) in [6, 6.07) is 3.94. The smallest absolute Gasteiger partial charge is 0.117 e. The Morgan fingerprint density at radius 1 is 1.41 bits per heavy atom. The van der Waals surface area contributed by atoms with Crippen molar-refractivity contribution in [3.8, 4) is 0 Å². The lowest BCUT2D eigenvalue weighted by atomic mass is 9.97. The molecule has 1 aromatic rings. The number of hydrogen-bond donors (Lipinski definition) is 2. The van der Waals surface area contributed by atoms with Crippen LogP contribution in [0.1, 0.15) is 18.6 Å². The molecule has 0 bridgehead atoms. The van der Waals surface area contributed by atoms with Gasteiger partial charge in [-0.3, -0.25) is 0 Å². The number of rotatable bonds is 6. The second-order valence-electron chi connectivity index (χ2n) is 4.78. The molecule has 3 N–H and O–H groups in total. The highest BCUT2D eigenvalue weighted by Gasteiger charge is 2.17. The van der Waals surface area contributed by atoms with Crippen LogP contribution < -0.4 is 11.1 Å². The van der Waals surface area contributed by atoms with E-state index >= 15 is 0 Å². The van der Waals surface area contributed by atoms with Gasteiger partial charge < -0.3 is 20.4 Å². The van der Waals surface area contributed by atoms with Gasteiger partial charge in [0.15, 0.2) is 0 Å². The van der Waals surface area contributed by atoms with Gasteiger partial charge in [-0.05, 0) is 50.5 Å². The lowest BCUT2D eigenvalue weighted by Crippen LogP contribution is -2.39. The molecule has 1 saturated heterocycles. The molecule has 4 heteroatoms. The molecule has 1 fully saturated rings. The molecule has 1 aliphatic rings. The second-order valence-corrected chi connectivity index (χ2v) is 4.78. The lowest BCUT2D eigenvalue weighted by Gasteiger charge is -2.31. The molecule has 0 atom stereocenters. The third kappa shape index (κ3) is 4.15. The van der Waals surface area contributed by atoms with Gasteiger partial charge in [0.2, 0.25) is 0 Å². The Morgan fingerprint density at radius 3 is 2.88 bits per heavy atom. The Bertz CT molecular complexity index is 292. The number of nitrogens with zero attached hydrogens (tertiary/aromatic N) is 1. The fourth-order valence-electron chi connectivity index (χ4n) is 2.41. The van der Waals surface area contributed by atoms with Crippen LogP contribution in [-0.4, -0.2) is 37.6 Å². The van der Waals surface area contributed by atoms with E-state index in [0.717, 1.165) is 37.9 Å². The van der Waals surface area contributed by atoms with Crippen molar-refractivity contribution in [2.24, 2.45) is 11.7 Å². The van der Waals surface area contributed by atoms with E-state index in [9.17, 15) is 0 Å². The van der Waals surface area contributed by atoms with Gasteiger partial charge in [0.25, 0.3) is 0 Å². The summed E-state index contributed by atoms with van der Waals surface area (Å²) in [6.45, 7) is 6.16. The van der Waals surface area contributed by atoms with Gasteiger partial charge in [-0.2, -0.15) is 0 Å². The van der Waals surface area contributed by atoms with E-state index in [-0.39, 0.29) is 0 Å². The van der Waals surface area contributed by atoms with Crippen molar-refractivity contribution in [3.05, 3.63) is 24.2 Å². The quantitative estimate of drug-likeness (QED) is 0.776. The number of nitrogens with two attached hydrogens (primary N) is 1. The van der Waals surface area contributed by atoms with Crippen LogP contribution in [0.15, 0.2) is 22.8 Å². The van der Waals surface area contributed by atoms with Crippen molar-refractivity contribution in [2.75, 3.05) is 32.7 Å². The molecule has 1 aromatic heterocycles. The van der Waals surface area contributed by atoms with Crippen LogP contribution in [0.2, 0.25) is 0 Å². The molecular weight excluding hydrogens is 214 g/mol. The molecule has 0 amide bonds. The number of furan rings is 1. The van der Waals surface area contributed by atoms with Crippen molar-refractivity contribution >= 4 is 0 Å². The van der Waals surface area contributed by atoms with Crippen LogP contribution >= 0.6 is 0 Å². The molecular formula is C13H23N3O. The largest absolute Gasteiger partial charge is 0.468 e. The summed E-state index contributed by atoms with van der Waals surface area (Å²) in [6.07, 6.45) is 4.29. The van der Waals surface area contributed by atoms with Crippen molar-refractivity contribution in [3.63, 3.8) is 0 Å². The van der Waals surface area contributed by atoms with E-state index in [4.69, 9.17) is 10.2 Å². The minimum atomic E-state index is 0.779. The number of nitrogens with one attached hydrogen (secondary N) is 1. The van der Waals surface area contributed by atoms with Crippen molar-refractivity contribution in [1.82, 2.24) is 10.2 Å². The third-order valence-corrected chi connectivity index (χ3v) is 3.46. The first-order valence-corrected chi connectivity index (χ1v) is 6.54. The summed E-state index contributed by atoms with van der Waals surface area (Å²) in [5.41, 5.74) is 5.56. The Balaban J connectivity index is 1.58. The SMILES string of the molecule is NCCN1CCC(CNCc2ccco2)CC1. The summed E-state index contributed by atoms with van der Waals surface area (Å²) < 4.78 is 5.29. The van der Waals surface area contributed by atoms with Crippen molar-refractivity contribution in [2.45, 2.75) is 19.4 Å². The topological polar surface area (TPSA) is 54.4 Å². The van der Waals surface area contributed by atoms with Crippen LogP contribution in [0.3, 0.4) is 0 Å². The average molecular weight is 237 g/mol. The Hall–Kier alpha value is -0.840. The van der Waals surface area contributed by atoms with Crippen LogP contribution in [-0.2, 0) is 6.54 Å². The fourth-order valence-corrected chi connectivity index (χ4v) is 2.41. The monoisotopic (exact) mass is 237 g/mol. The maximum Gasteiger partial charge on any atom is 0.117 e. The molecule has 0 unspecified atom stereocenters. The molecule has 0 spiro atoms. The molecule has 4 nitrogen and oxygen atoms in total. The number of hydrogen-bond acceptors (Lipinski definition) is 4. The maximum absolute atomic E-state index is 5.56. The van der Waals surface area contributed by atoms with Gasteiger partial charge in [0.05, 0.1) is 12.8 Å². The van der Waals surface area contributed by atoms with Gasteiger partial charge in [0, 0.05) is 13.1 Å². The summed E-state index contributed by atoms with van der Waals surface area (Å²) in [5.74, 6) is 1.82. The molecule has 0 radical (unpaired) electrons. The predicted octanol–water partition coefficient (Wildman–Crippen LogP) is 1.04. The Labute approximate surface area is 103 Å². The molecule has 1 aliphatic heterocycles. The van der Waals surface area contributed by atoms with Crippen LogP contribution in [0.25, 0.3) is 0 Å². The molecule has 96 valence electrons. The first kappa shape index (κ1) is 12.6. The highest BCUT2D eigenvalue weighted by atomic mass is 16.3. The normalized spacial score (nSPS) is 18.6. The predicted molar refractivity (Wildman–Crippen MR) is 68.6 cm³/mol. The first-order valence-electron chi connectivity index (χ1n) is 6.54. The van der Waals surface area contributed by atoms with Crippen molar-refractivity contribution in [1.29, 1.82) is 0 Å². The van der Waals surface area contributed by atoms with Gasteiger partial charge in [-0.15, -0.1) is 0 Å². The summed E-state index contributed by atoms with van der Waals surface area (Å²) in [5, 5.41) is 3.47. The molecule has 0 aromatic carbocycles. The average Bonchev–Trinajstić information content (AvgIpc) is 2.85. The van der Waals surface area contributed by atoms with E-state index in [2.05, 4.69) is 10.2 Å². The van der Waals surface area contributed by atoms with E-state index in [0.29, 0.717) is 0 Å². The first-order chi connectivity index (χ1) is 8.38. The van der Waals surface area contributed by atoms with E-state index in [1.807, 2.05) is 12.1 Å². The van der Waals surface area contributed by atoms with E-state index in [1.165, 1.54) is 25.9 Å². The Kier molecular flexibility index (Phi) is 5.04. The second kappa shape index (κ2) is 6.79. The van der Waals surface area contributed by atoms with Crippen LogP contribution in [0.4, 0.5) is 0 Å². The van der Waals surface area contributed by atoms with Gasteiger partial charge in [-0.1, -0.05) is 0 Å². The van der Waals surface area contributed by atoms with E-state index < -0.39 is 0 Å². The summed E-state index contributed by atoms with van der Waals surface area (Å²) >= 11 is 0. The van der Waals surface area contributed by atoms with Crippen molar-refractivity contribution < 1.29 is 4.42 Å². The standard InChI is InChI=1S/C13H23N3O/c14-5-8-16-6-3-12(4-7-16)10-15-11-13-2-1-9-17-13/h1-2,9,12,15H,3-8,10-11,14H2. The lowest BCUT2D eigenvalue weighted by molar-refractivity contribution is 0.186. The summed E-state index contributed by atoms with van der Waals surface area (Å²) in [7, 11) is 0. The third-order valence-electron chi connectivity index (χ3n) is 3.46. The minimum absolute atomic E-state index is 0.779. The highest BCUT2D eigenvalue weighted by molar-refractivity contribution is 4.97. The molecule has 2 rings (SSSR count). The Morgan fingerprint density at radius 2 is 2.24 bits per heavy atom. The van der Waals surface area contributed by atoms with Crippen LogP contribution in [0.5, 0.6) is 0 Å². The zero-order chi connectivity index (χ0) is 11.9. The molecule has 0 saturated carbocycles. The summed E-state index contributed by atoms with van der Waals surface area (Å²) in [4.78, 5) is 2.46. The zero-order valence-electron chi connectivity index (χ0n) is 10.4. The zero-order valence-corrected chi connectivity index (χ0v) is 10.4. The number of piperidine rings is 1. The van der Waals surface area contributed by atoms with Gasteiger partial charge >= 0.3 is 0 Å². The van der Waals surface area contributed by atoms with Gasteiger partial charge in [-0.25, -0.2) is 0 Å². The fraction of sp³-hybridized carbons (Fsp3) is 0.692. The number of likely N-dealkylation sites (tertiary alicyclic amines) is 1. The molecule has 2 heterocycles. The minimum Gasteiger partial charge on any atom is -0.468 e. The van der Waals surface area contributed by atoms with Gasteiger partial charge in [0.1, 0.15) is 5.76 Å². The van der Waals surface area contributed by atoms with Crippen LogP contribution in [0, 0.1) is 5.92 Å². The van der Waals surface area contributed by atoms with E-state index in [1.54, 1.807) is 6.26 Å².